The predicted molar refractivity (Wildman–Crippen MR) is 129 cm³/mol. The second-order valence-corrected chi connectivity index (χ2v) is 10.4. The Hall–Kier alpha value is -3.41. The molecule has 0 radical (unpaired) electrons. The smallest absolute Gasteiger partial charge is 0.320 e. The first-order chi connectivity index (χ1) is 17.0. The summed E-state index contributed by atoms with van der Waals surface area (Å²) in [7, 11) is -0.872. The molecule has 12 heteroatoms. The first kappa shape index (κ1) is 27.2. The highest BCUT2D eigenvalue weighted by molar-refractivity contribution is 7.89. The van der Waals surface area contributed by atoms with Gasteiger partial charge in [-0.1, -0.05) is 12.1 Å². The van der Waals surface area contributed by atoms with Crippen LogP contribution in [0.15, 0.2) is 36.4 Å². The molecule has 3 rings (SSSR count). The lowest BCUT2D eigenvalue weighted by atomic mass is 9.99. The lowest BCUT2D eigenvalue weighted by Gasteiger charge is -2.35. The Morgan fingerprint density at radius 3 is 2.47 bits per heavy atom. The Morgan fingerprint density at radius 2 is 1.83 bits per heavy atom. The second-order valence-electron chi connectivity index (χ2n) is 8.69. The van der Waals surface area contributed by atoms with E-state index >= 15 is 0 Å². The van der Waals surface area contributed by atoms with Crippen molar-refractivity contribution in [3.8, 4) is 22.6 Å². The molecule has 1 saturated heterocycles. The molecule has 3 amide bonds. The van der Waals surface area contributed by atoms with Crippen molar-refractivity contribution in [3.05, 3.63) is 48.0 Å². The van der Waals surface area contributed by atoms with Gasteiger partial charge in [0.25, 0.3) is 5.91 Å². The average molecular weight is 526 g/mol. The fraction of sp³-hybridized carbons (Fsp3) is 0.417. The molecular weight excluding hydrogens is 496 g/mol. The van der Waals surface area contributed by atoms with Crippen LogP contribution in [0.4, 0.5) is 13.6 Å². The van der Waals surface area contributed by atoms with Crippen LogP contribution in [-0.4, -0.2) is 76.8 Å². The number of benzene rings is 2. The van der Waals surface area contributed by atoms with Gasteiger partial charge < -0.3 is 19.3 Å². The molecule has 1 heterocycles. The molecule has 0 bridgehead atoms. The number of nitrogens with one attached hydrogen (secondary N) is 1. The van der Waals surface area contributed by atoms with E-state index in [1.54, 1.807) is 29.2 Å². The van der Waals surface area contributed by atoms with Crippen LogP contribution in [0.5, 0.6) is 11.5 Å². The molecule has 0 spiro atoms. The molecule has 0 aromatic heterocycles. The number of likely N-dealkylation sites (N-methyl/N-ethyl adjacent to an activating group) is 1. The van der Waals surface area contributed by atoms with Gasteiger partial charge in [0.1, 0.15) is 18.0 Å². The molecule has 2 aromatic carbocycles. The van der Waals surface area contributed by atoms with Crippen LogP contribution in [0.25, 0.3) is 11.1 Å². The first-order valence-corrected chi connectivity index (χ1v) is 13.1. The quantitative estimate of drug-likeness (QED) is 0.568. The third-order valence-electron chi connectivity index (χ3n) is 5.69. The number of sulfonamides is 1. The predicted octanol–water partition coefficient (Wildman–Crippen LogP) is 2.86. The molecular formula is C24H29F2N3O6S. The van der Waals surface area contributed by atoms with Gasteiger partial charge >= 0.3 is 6.03 Å². The SMILES string of the molecule is COc1cc(F)c(F)cc1-c1ccc(OCC2CCCN(C(=O)N(C)CC(=O)NS(C)(=O)=O)C2)cc1. The van der Waals surface area contributed by atoms with Crippen LogP contribution < -0.4 is 14.2 Å². The number of urea groups is 1. The standard InChI is InChI=1S/C24H29F2N3O6S/c1-28(14-23(30)27-36(3,32)33)24(31)29-10-4-5-16(13-29)15-35-18-8-6-17(7-9-18)19-11-20(25)21(26)12-22(19)34-2/h6-9,11-12,16H,4-5,10,13-15H2,1-3H3,(H,27,30). The van der Waals surface area contributed by atoms with Crippen LogP contribution in [-0.2, 0) is 14.8 Å². The zero-order chi connectivity index (χ0) is 26.5. The molecule has 0 aliphatic carbocycles. The maximum Gasteiger partial charge on any atom is 0.320 e. The van der Waals surface area contributed by atoms with Crippen molar-refractivity contribution in [3.63, 3.8) is 0 Å². The van der Waals surface area contributed by atoms with Gasteiger partial charge in [0.2, 0.25) is 10.0 Å². The third-order valence-corrected chi connectivity index (χ3v) is 6.29. The highest BCUT2D eigenvalue weighted by Gasteiger charge is 2.27. The Morgan fingerprint density at radius 1 is 1.17 bits per heavy atom. The van der Waals surface area contributed by atoms with E-state index in [9.17, 15) is 26.8 Å². The van der Waals surface area contributed by atoms with Gasteiger partial charge in [-0.2, -0.15) is 0 Å². The second kappa shape index (κ2) is 11.5. The monoisotopic (exact) mass is 525 g/mol. The van der Waals surface area contributed by atoms with Crippen LogP contribution in [0.1, 0.15) is 12.8 Å². The number of carbonyl (C=O) groups is 2. The number of rotatable bonds is 8. The summed E-state index contributed by atoms with van der Waals surface area (Å²) in [5.74, 6) is -1.88. The Balaban J connectivity index is 1.55. The number of ether oxygens (including phenoxy) is 2. The van der Waals surface area contributed by atoms with Crippen LogP contribution in [0.2, 0.25) is 0 Å². The van der Waals surface area contributed by atoms with Crippen molar-refractivity contribution < 1.29 is 36.3 Å². The normalized spacial score (nSPS) is 15.8. The number of halogens is 2. The lowest BCUT2D eigenvalue weighted by Crippen LogP contribution is -2.49. The van der Waals surface area contributed by atoms with E-state index in [1.165, 1.54) is 19.1 Å². The number of methoxy groups -OCH3 is 1. The van der Waals surface area contributed by atoms with Crippen molar-refractivity contribution in [1.82, 2.24) is 14.5 Å². The van der Waals surface area contributed by atoms with Gasteiger partial charge in [0, 0.05) is 37.7 Å². The molecule has 9 nitrogen and oxygen atoms in total. The minimum atomic E-state index is -3.69. The van der Waals surface area contributed by atoms with Gasteiger partial charge in [-0.25, -0.2) is 22.0 Å². The number of carbonyl (C=O) groups excluding carboxylic acids is 2. The van der Waals surface area contributed by atoms with E-state index < -0.39 is 27.6 Å². The molecule has 36 heavy (non-hydrogen) atoms. The van der Waals surface area contributed by atoms with Gasteiger partial charge in [-0.3, -0.25) is 9.52 Å². The molecule has 1 unspecified atom stereocenters. The Labute approximate surface area is 209 Å². The highest BCUT2D eigenvalue weighted by Crippen LogP contribution is 2.33. The van der Waals surface area contributed by atoms with Gasteiger partial charge in [-0.15, -0.1) is 0 Å². The molecule has 2 aromatic rings. The zero-order valence-corrected chi connectivity index (χ0v) is 21.1. The number of nitrogens with zero attached hydrogens (tertiary/aromatic N) is 2. The fourth-order valence-corrected chi connectivity index (χ4v) is 4.48. The number of likely N-dealkylation sites (tertiary alicyclic amines) is 1. The summed E-state index contributed by atoms with van der Waals surface area (Å²) in [6.45, 7) is 0.938. The van der Waals surface area contributed by atoms with E-state index in [1.807, 2.05) is 4.72 Å². The van der Waals surface area contributed by atoms with E-state index in [2.05, 4.69) is 0 Å². The van der Waals surface area contributed by atoms with Gasteiger partial charge in [0.05, 0.1) is 20.0 Å². The summed E-state index contributed by atoms with van der Waals surface area (Å²) >= 11 is 0. The van der Waals surface area contributed by atoms with Crippen LogP contribution in [0.3, 0.4) is 0 Å². The topological polar surface area (TPSA) is 105 Å². The zero-order valence-electron chi connectivity index (χ0n) is 20.3. The molecule has 0 saturated carbocycles. The number of hydrogen-bond acceptors (Lipinski definition) is 6. The molecule has 1 N–H and O–H groups in total. The van der Waals surface area contributed by atoms with Crippen molar-refractivity contribution >= 4 is 22.0 Å². The minimum Gasteiger partial charge on any atom is -0.496 e. The lowest BCUT2D eigenvalue weighted by molar-refractivity contribution is -0.119. The summed E-state index contributed by atoms with van der Waals surface area (Å²) in [6, 6.07) is 8.59. The molecule has 1 fully saturated rings. The molecule has 196 valence electrons. The summed E-state index contributed by atoms with van der Waals surface area (Å²) in [5.41, 5.74) is 1.05. The summed E-state index contributed by atoms with van der Waals surface area (Å²) < 4.78 is 62.5. The van der Waals surface area contributed by atoms with Crippen molar-refractivity contribution in [1.29, 1.82) is 0 Å². The van der Waals surface area contributed by atoms with Crippen molar-refractivity contribution in [2.75, 3.05) is 46.7 Å². The summed E-state index contributed by atoms with van der Waals surface area (Å²) in [5, 5.41) is 0. The highest BCUT2D eigenvalue weighted by atomic mass is 32.2. The Kier molecular flexibility index (Phi) is 8.72. The minimum absolute atomic E-state index is 0.0620. The van der Waals surface area contributed by atoms with E-state index in [0.717, 1.165) is 31.2 Å². The third kappa shape index (κ3) is 7.30. The first-order valence-electron chi connectivity index (χ1n) is 11.2. The summed E-state index contributed by atoms with van der Waals surface area (Å²) in [6.07, 6.45) is 2.49. The summed E-state index contributed by atoms with van der Waals surface area (Å²) in [4.78, 5) is 27.3. The van der Waals surface area contributed by atoms with Crippen LogP contribution in [0, 0.1) is 17.6 Å². The maximum atomic E-state index is 13.7. The number of hydrogen-bond donors (Lipinski definition) is 1. The van der Waals surface area contributed by atoms with Crippen LogP contribution >= 0.6 is 0 Å². The largest absolute Gasteiger partial charge is 0.496 e. The molecule has 1 aliphatic rings. The van der Waals surface area contributed by atoms with Gasteiger partial charge in [0.15, 0.2) is 11.6 Å². The van der Waals surface area contributed by atoms with Crippen molar-refractivity contribution in [2.24, 2.45) is 5.92 Å². The number of piperidine rings is 1. The molecule has 1 aliphatic heterocycles. The van der Waals surface area contributed by atoms with Crippen molar-refractivity contribution in [2.45, 2.75) is 12.8 Å². The molecule has 1 atom stereocenters. The van der Waals surface area contributed by atoms with Gasteiger partial charge in [-0.05, 0) is 36.6 Å². The fourth-order valence-electron chi connectivity index (χ4n) is 4.01. The number of amides is 3. The average Bonchev–Trinajstić information content (AvgIpc) is 2.83. The van der Waals surface area contributed by atoms with E-state index in [0.29, 0.717) is 36.6 Å². The van der Waals surface area contributed by atoms with E-state index in [4.69, 9.17) is 9.47 Å². The van der Waals surface area contributed by atoms with E-state index in [-0.39, 0.29) is 24.2 Å². The maximum absolute atomic E-state index is 13.7. The Bertz CT molecular complexity index is 1210.